The van der Waals surface area contributed by atoms with Crippen LogP contribution in [-0.2, 0) is 0 Å². The number of fused-ring (bicyclic) bond motifs is 1. The van der Waals surface area contributed by atoms with Gasteiger partial charge >= 0.3 is 5.76 Å². The van der Waals surface area contributed by atoms with Gasteiger partial charge in [0, 0.05) is 5.02 Å². The van der Waals surface area contributed by atoms with Crippen molar-refractivity contribution in [3.05, 3.63) is 85.9 Å². The van der Waals surface area contributed by atoms with Gasteiger partial charge in [0.25, 0.3) is 5.56 Å². The Hall–Kier alpha value is -2.83. The first-order valence-corrected chi connectivity index (χ1v) is 8.55. The van der Waals surface area contributed by atoms with Crippen LogP contribution >= 0.6 is 22.9 Å². The van der Waals surface area contributed by atoms with Gasteiger partial charge in [0.2, 0.25) is 0 Å². The normalized spacial score (nSPS) is 10.9. The molecule has 0 aliphatic carbocycles. The average Bonchev–Trinajstić information content (AvgIpc) is 3.10. The second-order valence-electron chi connectivity index (χ2n) is 5.15. The fourth-order valence-electron chi connectivity index (χ4n) is 2.47. The highest BCUT2D eigenvalue weighted by Gasteiger charge is 2.16. The third-order valence-corrected chi connectivity index (χ3v) is 4.55. The first-order chi connectivity index (χ1) is 12.1. The third kappa shape index (κ3) is 2.86. The number of nitrogens with zero attached hydrogens (tertiary/aromatic N) is 1. The number of hydrogen-bond acceptors (Lipinski definition) is 5. The zero-order chi connectivity index (χ0) is 17.4. The molecule has 0 amide bonds. The van der Waals surface area contributed by atoms with Crippen molar-refractivity contribution in [3.8, 4) is 16.5 Å². The largest absolute Gasteiger partial charge is 0.444 e. The highest BCUT2D eigenvalue weighted by molar-refractivity contribution is 7.11. The molecule has 0 aliphatic heterocycles. The average molecular weight is 372 g/mol. The van der Waals surface area contributed by atoms with Gasteiger partial charge in [0.1, 0.15) is 5.58 Å². The summed E-state index contributed by atoms with van der Waals surface area (Å²) in [5.74, 6) is -0.414. The molecule has 5 nitrogen and oxygen atoms in total. The second kappa shape index (κ2) is 6.23. The molecule has 0 aliphatic rings. The monoisotopic (exact) mass is 371 g/mol. The van der Waals surface area contributed by atoms with Gasteiger partial charge in [-0.15, -0.1) is 11.3 Å². The van der Waals surface area contributed by atoms with Gasteiger partial charge in [0.15, 0.2) is 10.8 Å². The maximum absolute atomic E-state index is 12.8. The van der Waals surface area contributed by atoms with Gasteiger partial charge in [-0.25, -0.2) is 9.36 Å². The van der Waals surface area contributed by atoms with Crippen LogP contribution in [0.5, 0.6) is 10.8 Å². The van der Waals surface area contributed by atoms with Gasteiger partial charge in [-0.3, -0.25) is 4.79 Å². The summed E-state index contributed by atoms with van der Waals surface area (Å²) in [6, 6.07) is 15.0. The number of benzene rings is 2. The van der Waals surface area contributed by atoms with E-state index in [-0.39, 0.29) is 11.0 Å². The fraction of sp³-hybridized carbons (Fsp3) is 0. The van der Waals surface area contributed by atoms with E-state index in [2.05, 4.69) is 0 Å². The lowest BCUT2D eigenvalue weighted by molar-refractivity contribution is 0.475. The first-order valence-electron chi connectivity index (χ1n) is 7.30. The van der Waals surface area contributed by atoms with Crippen molar-refractivity contribution in [1.29, 1.82) is 0 Å². The van der Waals surface area contributed by atoms with Crippen molar-refractivity contribution >= 4 is 33.9 Å². The Morgan fingerprint density at radius 1 is 1.04 bits per heavy atom. The van der Waals surface area contributed by atoms with Crippen LogP contribution in [0.25, 0.3) is 16.7 Å². The van der Waals surface area contributed by atoms with Crippen molar-refractivity contribution in [2.45, 2.75) is 0 Å². The number of thiophene rings is 1. The highest BCUT2D eigenvalue weighted by atomic mass is 35.5. The highest BCUT2D eigenvalue weighted by Crippen LogP contribution is 2.30. The minimum Gasteiger partial charge on any atom is -0.444 e. The molecule has 2 aromatic carbocycles. The fourth-order valence-corrected chi connectivity index (χ4v) is 3.23. The number of hydrogen-bond donors (Lipinski definition) is 0. The van der Waals surface area contributed by atoms with Gasteiger partial charge in [-0.2, -0.15) is 0 Å². The number of aromatic nitrogens is 1. The van der Waals surface area contributed by atoms with E-state index < -0.39 is 11.3 Å². The maximum atomic E-state index is 12.8. The summed E-state index contributed by atoms with van der Waals surface area (Å²) in [4.78, 5) is 25.3. The van der Waals surface area contributed by atoms with Crippen molar-refractivity contribution in [3.63, 3.8) is 0 Å². The Morgan fingerprint density at radius 3 is 2.68 bits per heavy atom. The molecule has 0 saturated carbocycles. The predicted octanol–water partition coefficient (Wildman–Crippen LogP) is 4.45. The smallest absolute Gasteiger partial charge is 0.427 e. The molecule has 7 heteroatoms. The van der Waals surface area contributed by atoms with Crippen LogP contribution in [-0.4, -0.2) is 4.57 Å². The molecule has 0 N–H and O–H groups in total. The number of ether oxygens (including phenoxy) is 1. The zero-order valence-electron chi connectivity index (χ0n) is 12.6. The van der Waals surface area contributed by atoms with Gasteiger partial charge in [-0.05, 0) is 47.8 Å². The lowest BCUT2D eigenvalue weighted by Crippen LogP contribution is -2.31. The Bertz CT molecular complexity index is 1180. The minimum absolute atomic E-state index is 0.187. The SMILES string of the molecule is O=c1oc2ccc(Cl)cc2c(=O)n1-c1ccccc1Oc1cccs1. The first kappa shape index (κ1) is 15.7. The summed E-state index contributed by atoms with van der Waals surface area (Å²) in [6.07, 6.45) is 0. The van der Waals surface area contributed by atoms with Crippen molar-refractivity contribution < 1.29 is 9.15 Å². The molecule has 0 saturated heterocycles. The Balaban J connectivity index is 1.97. The van der Waals surface area contributed by atoms with Crippen LogP contribution in [0.3, 0.4) is 0 Å². The summed E-state index contributed by atoms with van der Waals surface area (Å²) in [6.45, 7) is 0. The van der Waals surface area contributed by atoms with Crippen LogP contribution < -0.4 is 16.1 Å². The van der Waals surface area contributed by atoms with E-state index >= 15 is 0 Å². The van der Waals surface area contributed by atoms with E-state index in [1.165, 1.54) is 23.5 Å². The van der Waals surface area contributed by atoms with Crippen molar-refractivity contribution in [2.24, 2.45) is 0 Å². The third-order valence-electron chi connectivity index (χ3n) is 3.57. The molecule has 4 aromatic rings. The quantitative estimate of drug-likeness (QED) is 0.533. The van der Waals surface area contributed by atoms with Crippen LogP contribution in [0, 0.1) is 0 Å². The predicted molar refractivity (Wildman–Crippen MR) is 97.5 cm³/mol. The van der Waals surface area contributed by atoms with E-state index in [9.17, 15) is 9.59 Å². The van der Waals surface area contributed by atoms with E-state index in [0.29, 0.717) is 21.5 Å². The Kier molecular flexibility index (Phi) is 3.91. The summed E-state index contributed by atoms with van der Waals surface area (Å²) in [5.41, 5.74) is -0.0280. The minimum atomic E-state index is -0.790. The molecule has 0 radical (unpaired) electrons. The molecule has 0 fully saturated rings. The van der Waals surface area contributed by atoms with Gasteiger partial charge < -0.3 is 9.15 Å². The molecule has 0 atom stereocenters. The summed E-state index contributed by atoms with van der Waals surface area (Å²) in [7, 11) is 0. The molecule has 0 spiro atoms. The van der Waals surface area contributed by atoms with Gasteiger partial charge in [0.05, 0.1) is 11.1 Å². The molecule has 124 valence electrons. The maximum Gasteiger partial charge on any atom is 0.427 e. The van der Waals surface area contributed by atoms with Crippen LogP contribution in [0.2, 0.25) is 5.02 Å². The lowest BCUT2D eigenvalue weighted by atomic mass is 10.2. The zero-order valence-corrected chi connectivity index (χ0v) is 14.2. The van der Waals surface area contributed by atoms with Crippen molar-refractivity contribution in [1.82, 2.24) is 4.57 Å². The molecule has 2 aromatic heterocycles. The molecule has 0 unspecified atom stereocenters. The Labute approximate surface area is 150 Å². The van der Waals surface area contributed by atoms with E-state index in [4.69, 9.17) is 20.8 Å². The number of para-hydroxylation sites is 2. The molecule has 25 heavy (non-hydrogen) atoms. The lowest BCUT2D eigenvalue weighted by Gasteiger charge is -2.11. The second-order valence-corrected chi connectivity index (χ2v) is 6.50. The van der Waals surface area contributed by atoms with Crippen LogP contribution in [0.4, 0.5) is 0 Å². The van der Waals surface area contributed by atoms with Crippen molar-refractivity contribution in [2.75, 3.05) is 0 Å². The molecule has 0 bridgehead atoms. The van der Waals surface area contributed by atoms with E-state index in [1.54, 1.807) is 36.4 Å². The summed E-state index contributed by atoms with van der Waals surface area (Å²) >= 11 is 7.37. The summed E-state index contributed by atoms with van der Waals surface area (Å²) < 4.78 is 12.0. The number of halogens is 1. The number of rotatable bonds is 3. The van der Waals surface area contributed by atoms with E-state index in [0.717, 1.165) is 4.57 Å². The Morgan fingerprint density at radius 2 is 1.88 bits per heavy atom. The van der Waals surface area contributed by atoms with Gasteiger partial charge in [-0.1, -0.05) is 23.7 Å². The molecule has 2 heterocycles. The molecule has 4 rings (SSSR count). The molecular weight excluding hydrogens is 362 g/mol. The summed E-state index contributed by atoms with van der Waals surface area (Å²) in [5, 5.41) is 3.12. The van der Waals surface area contributed by atoms with E-state index in [1.807, 2.05) is 11.4 Å². The topological polar surface area (TPSA) is 61.4 Å². The molecular formula is C18H10ClNO4S. The van der Waals surface area contributed by atoms with Crippen LogP contribution in [0.15, 0.2) is 74.0 Å². The standard InChI is InChI=1S/C18H10ClNO4S/c19-11-7-8-14-12(10-11)17(21)20(18(22)24-14)13-4-1-2-5-15(13)23-16-6-3-9-25-16/h1-10H. The van der Waals surface area contributed by atoms with Crippen LogP contribution in [0.1, 0.15) is 0 Å².